The number of esters is 1. The van der Waals surface area contributed by atoms with E-state index in [1.165, 1.54) is 17.4 Å². The zero-order valence-electron chi connectivity index (χ0n) is 16.6. The lowest BCUT2D eigenvalue weighted by Gasteiger charge is -2.08. The zero-order chi connectivity index (χ0) is 21.6. The number of hydrogen-bond donors (Lipinski definition) is 1. The lowest BCUT2D eigenvalue weighted by Crippen LogP contribution is -2.16. The molecule has 1 heterocycles. The summed E-state index contributed by atoms with van der Waals surface area (Å²) in [7, 11) is -1.83. The van der Waals surface area contributed by atoms with Crippen LogP contribution in [0, 0.1) is 0 Å². The van der Waals surface area contributed by atoms with E-state index in [4.69, 9.17) is 9.47 Å². The van der Waals surface area contributed by atoms with Crippen molar-refractivity contribution in [2.75, 3.05) is 17.6 Å². The molecule has 0 spiro atoms. The molecule has 158 valence electrons. The Bertz CT molecular complexity index is 1130. The summed E-state index contributed by atoms with van der Waals surface area (Å²) in [5.41, 5.74) is 2.07. The fraction of sp³-hybridized carbons (Fsp3) is 0.238. The number of aromatic nitrogens is 1. The van der Waals surface area contributed by atoms with Gasteiger partial charge >= 0.3 is 5.97 Å². The molecule has 0 fully saturated rings. The SMILES string of the molecule is CCCS(=O)(=O)Nc1cccc(C(=O)OCc2csc(-c3ccccc3OC)n2)c1. The third kappa shape index (κ3) is 5.58. The lowest BCUT2D eigenvalue weighted by atomic mass is 10.2. The molecule has 1 aromatic heterocycles. The van der Waals surface area contributed by atoms with Gasteiger partial charge in [-0.1, -0.05) is 25.1 Å². The van der Waals surface area contributed by atoms with E-state index in [1.807, 2.05) is 29.6 Å². The van der Waals surface area contributed by atoms with Gasteiger partial charge in [-0.25, -0.2) is 18.2 Å². The third-order valence-electron chi connectivity index (χ3n) is 4.08. The largest absolute Gasteiger partial charge is 0.496 e. The molecule has 0 amide bonds. The molecule has 30 heavy (non-hydrogen) atoms. The number of sulfonamides is 1. The topological polar surface area (TPSA) is 94.6 Å². The molecule has 0 aliphatic rings. The number of hydrogen-bond acceptors (Lipinski definition) is 7. The highest BCUT2D eigenvalue weighted by atomic mass is 32.2. The van der Waals surface area contributed by atoms with E-state index in [0.717, 1.165) is 16.3 Å². The van der Waals surface area contributed by atoms with Crippen LogP contribution in [-0.2, 0) is 21.4 Å². The first kappa shape index (κ1) is 21.8. The van der Waals surface area contributed by atoms with Gasteiger partial charge in [0, 0.05) is 11.1 Å². The Kier molecular flexibility index (Phi) is 7.07. The van der Waals surface area contributed by atoms with Crippen LogP contribution in [0.3, 0.4) is 0 Å². The molecular formula is C21H22N2O5S2. The number of carbonyl (C=O) groups is 1. The number of rotatable bonds is 9. The molecule has 9 heteroatoms. The van der Waals surface area contributed by atoms with Crippen molar-refractivity contribution >= 4 is 33.0 Å². The molecule has 0 aliphatic carbocycles. The van der Waals surface area contributed by atoms with Gasteiger partial charge in [0.05, 0.1) is 29.7 Å². The number of nitrogens with zero attached hydrogens (tertiary/aromatic N) is 1. The molecule has 0 atom stereocenters. The number of carbonyl (C=O) groups excluding carboxylic acids is 1. The number of ether oxygens (including phenoxy) is 2. The second-order valence-corrected chi connectivity index (χ2v) is 9.12. The summed E-state index contributed by atoms with van der Waals surface area (Å²) >= 11 is 1.43. The van der Waals surface area contributed by atoms with Crippen molar-refractivity contribution in [2.45, 2.75) is 20.0 Å². The van der Waals surface area contributed by atoms with Crippen LogP contribution in [0.5, 0.6) is 5.75 Å². The van der Waals surface area contributed by atoms with E-state index in [2.05, 4.69) is 9.71 Å². The monoisotopic (exact) mass is 446 g/mol. The molecule has 3 rings (SSSR count). The quantitative estimate of drug-likeness (QED) is 0.492. The average molecular weight is 447 g/mol. The van der Waals surface area contributed by atoms with Gasteiger partial charge in [0.15, 0.2) is 0 Å². The summed E-state index contributed by atoms with van der Waals surface area (Å²) < 4.78 is 37.0. The molecule has 0 unspecified atom stereocenters. The number of para-hydroxylation sites is 1. The van der Waals surface area contributed by atoms with Gasteiger partial charge in [0.2, 0.25) is 10.0 Å². The Morgan fingerprint density at radius 1 is 1.17 bits per heavy atom. The molecule has 0 bridgehead atoms. The van der Waals surface area contributed by atoms with Crippen molar-refractivity contribution in [2.24, 2.45) is 0 Å². The highest BCUT2D eigenvalue weighted by molar-refractivity contribution is 7.92. The van der Waals surface area contributed by atoms with Crippen molar-refractivity contribution in [3.05, 3.63) is 65.2 Å². The minimum atomic E-state index is -3.43. The molecule has 0 saturated carbocycles. The smallest absolute Gasteiger partial charge is 0.338 e. The fourth-order valence-corrected chi connectivity index (χ4v) is 4.71. The van der Waals surface area contributed by atoms with Crippen LogP contribution in [0.15, 0.2) is 53.9 Å². The van der Waals surface area contributed by atoms with Gasteiger partial charge in [-0.15, -0.1) is 11.3 Å². The summed E-state index contributed by atoms with van der Waals surface area (Å²) in [5.74, 6) is 0.177. The first-order chi connectivity index (χ1) is 14.4. The zero-order valence-corrected chi connectivity index (χ0v) is 18.3. The number of nitrogens with one attached hydrogen (secondary N) is 1. The third-order valence-corrected chi connectivity index (χ3v) is 6.50. The van der Waals surface area contributed by atoms with Gasteiger partial charge in [-0.3, -0.25) is 4.72 Å². The predicted octanol–water partition coefficient (Wildman–Crippen LogP) is 4.33. The predicted molar refractivity (Wildman–Crippen MR) is 117 cm³/mol. The number of anilines is 1. The van der Waals surface area contributed by atoms with Crippen molar-refractivity contribution in [3.63, 3.8) is 0 Å². The Morgan fingerprint density at radius 3 is 2.73 bits per heavy atom. The van der Waals surface area contributed by atoms with Crippen molar-refractivity contribution in [1.82, 2.24) is 4.98 Å². The first-order valence-electron chi connectivity index (χ1n) is 9.27. The molecule has 0 saturated heterocycles. The minimum absolute atomic E-state index is 0.0102. The van der Waals surface area contributed by atoms with Crippen LogP contribution < -0.4 is 9.46 Å². The maximum absolute atomic E-state index is 12.4. The van der Waals surface area contributed by atoms with Gasteiger partial charge in [0.1, 0.15) is 17.4 Å². The van der Waals surface area contributed by atoms with E-state index in [0.29, 0.717) is 17.8 Å². The summed E-state index contributed by atoms with van der Waals surface area (Å²) in [6, 6.07) is 13.8. The Morgan fingerprint density at radius 2 is 1.97 bits per heavy atom. The van der Waals surface area contributed by atoms with Crippen LogP contribution in [0.25, 0.3) is 10.6 Å². The van der Waals surface area contributed by atoms with Gasteiger partial charge < -0.3 is 9.47 Å². The standard InChI is InChI=1S/C21H22N2O5S2/c1-3-11-30(25,26)23-16-8-6-7-15(12-16)21(24)28-13-17-14-29-20(22-17)18-9-4-5-10-19(18)27-2/h4-10,12,14,23H,3,11,13H2,1-2H3. The maximum Gasteiger partial charge on any atom is 0.338 e. The number of thiazole rings is 1. The molecule has 0 aliphatic heterocycles. The minimum Gasteiger partial charge on any atom is -0.496 e. The van der Waals surface area contributed by atoms with E-state index in [9.17, 15) is 13.2 Å². The normalized spacial score (nSPS) is 11.1. The van der Waals surface area contributed by atoms with Crippen molar-refractivity contribution in [3.8, 4) is 16.3 Å². The van der Waals surface area contributed by atoms with Crippen LogP contribution >= 0.6 is 11.3 Å². The molecule has 2 aromatic carbocycles. The van der Waals surface area contributed by atoms with Crippen LogP contribution in [0.4, 0.5) is 5.69 Å². The first-order valence-corrected chi connectivity index (χ1v) is 11.8. The van der Waals surface area contributed by atoms with Crippen LogP contribution in [0.1, 0.15) is 29.4 Å². The molecule has 1 N–H and O–H groups in total. The molecule has 3 aromatic rings. The van der Waals surface area contributed by atoms with E-state index >= 15 is 0 Å². The van der Waals surface area contributed by atoms with Crippen molar-refractivity contribution in [1.29, 1.82) is 0 Å². The summed E-state index contributed by atoms with van der Waals surface area (Å²) in [5, 5.41) is 2.59. The average Bonchev–Trinajstić information content (AvgIpc) is 3.20. The highest BCUT2D eigenvalue weighted by Crippen LogP contribution is 2.32. The fourth-order valence-electron chi connectivity index (χ4n) is 2.75. The molecule has 7 nitrogen and oxygen atoms in total. The summed E-state index contributed by atoms with van der Waals surface area (Å²) in [6.07, 6.45) is 0.502. The van der Waals surface area contributed by atoms with E-state index < -0.39 is 16.0 Å². The van der Waals surface area contributed by atoms with E-state index in [-0.39, 0.29) is 17.9 Å². The molecule has 0 radical (unpaired) electrons. The van der Waals surface area contributed by atoms with Gasteiger partial charge in [0.25, 0.3) is 0 Å². The van der Waals surface area contributed by atoms with Gasteiger partial charge in [-0.05, 0) is 36.8 Å². The van der Waals surface area contributed by atoms with E-state index in [1.54, 1.807) is 32.2 Å². The van der Waals surface area contributed by atoms with Crippen LogP contribution in [0.2, 0.25) is 0 Å². The van der Waals surface area contributed by atoms with Gasteiger partial charge in [-0.2, -0.15) is 0 Å². The number of benzene rings is 2. The van der Waals surface area contributed by atoms with Crippen molar-refractivity contribution < 1.29 is 22.7 Å². The summed E-state index contributed by atoms with van der Waals surface area (Å²) in [6.45, 7) is 1.79. The number of methoxy groups -OCH3 is 1. The lowest BCUT2D eigenvalue weighted by molar-refractivity contribution is 0.0468. The maximum atomic E-state index is 12.4. The second kappa shape index (κ2) is 9.73. The van der Waals surface area contributed by atoms with Crippen LogP contribution in [-0.4, -0.2) is 32.2 Å². The highest BCUT2D eigenvalue weighted by Gasteiger charge is 2.14. The molecular weight excluding hydrogens is 424 g/mol. The Labute approximate surface area is 179 Å². The Hall–Kier alpha value is -2.91. The second-order valence-electron chi connectivity index (χ2n) is 6.42. The summed E-state index contributed by atoms with van der Waals surface area (Å²) in [4.78, 5) is 16.9. The Balaban J connectivity index is 1.65.